The summed E-state index contributed by atoms with van der Waals surface area (Å²) in [5.74, 6) is 0.772. The Morgan fingerprint density at radius 1 is 1.22 bits per heavy atom. The highest BCUT2D eigenvalue weighted by Crippen LogP contribution is 2.29. The minimum absolute atomic E-state index is 0.505. The Morgan fingerprint density at radius 2 is 1.94 bits per heavy atom. The van der Waals surface area contributed by atoms with E-state index in [-0.39, 0.29) is 0 Å². The quantitative estimate of drug-likeness (QED) is 0.741. The average molecular weight is 281 g/mol. The highest BCUT2D eigenvalue weighted by Gasteiger charge is 2.12. The summed E-state index contributed by atoms with van der Waals surface area (Å²) < 4.78 is 1.76. The summed E-state index contributed by atoms with van der Waals surface area (Å²) in [6, 6.07) is 3.53. The molecule has 0 bridgehead atoms. The number of hydrogen-bond acceptors (Lipinski definition) is 2. The predicted molar refractivity (Wildman–Crippen MR) is 73.1 cm³/mol. The first-order chi connectivity index (χ1) is 8.54. The topological polar surface area (TPSA) is 46.5 Å². The second-order valence-electron chi connectivity index (χ2n) is 4.17. The Kier molecular flexibility index (Phi) is 2.57. The van der Waals surface area contributed by atoms with Crippen LogP contribution in [0.1, 0.15) is 5.69 Å². The Labute approximate surface area is 114 Å². The Hall–Kier alpha value is -1.52. The lowest BCUT2D eigenvalue weighted by Gasteiger charge is -1.93. The SMILES string of the molecule is Cc1nn(C)cc1-c1nc2cc(Cl)c(Cl)cc2[nH]1. The molecule has 1 aromatic carbocycles. The summed E-state index contributed by atoms with van der Waals surface area (Å²) in [4.78, 5) is 7.73. The van der Waals surface area contributed by atoms with E-state index in [4.69, 9.17) is 23.2 Å². The summed E-state index contributed by atoms with van der Waals surface area (Å²) in [6.07, 6.45) is 1.93. The molecule has 0 saturated heterocycles. The molecule has 3 aromatic rings. The first kappa shape index (κ1) is 11.6. The fourth-order valence-corrected chi connectivity index (χ4v) is 2.29. The molecule has 4 nitrogen and oxygen atoms in total. The Morgan fingerprint density at radius 3 is 2.61 bits per heavy atom. The average Bonchev–Trinajstić information content (AvgIpc) is 2.82. The molecule has 0 unspecified atom stereocenters. The number of aryl methyl sites for hydroxylation is 2. The number of H-pyrrole nitrogens is 1. The zero-order valence-electron chi connectivity index (χ0n) is 9.83. The van der Waals surface area contributed by atoms with Crippen LogP contribution in [0.5, 0.6) is 0 Å². The number of hydrogen-bond donors (Lipinski definition) is 1. The highest BCUT2D eigenvalue weighted by molar-refractivity contribution is 6.42. The second-order valence-corrected chi connectivity index (χ2v) is 4.99. The lowest BCUT2D eigenvalue weighted by molar-refractivity contribution is 0.756. The van der Waals surface area contributed by atoms with E-state index in [9.17, 15) is 0 Å². The van der Waals surface area contributed by atoms with Crippen molar-refractivity contribution in [2.45, 2.75) is 6.92 Å². The van der Waals surface area contributed by atoms with Crippen LogP contribution >= 0.6 is 23.2 Å². The third-order valence-corrected chi connectivity index (χ3v) is 3.51. The molecule has 2 aromatic heterocycles. The van der Waals surface area contributed by atoms with Crippen molar-refractivity contribution in [3.63, 3.8) is 0 Å². The molecule has 18 heavy (non-hydrogen) atoms. The lowest BCUT2D eigenvalue weighted by atomic mass is 10.2. The predicted octanol–water partition coefficient (Wildman–Crippen LogP) is 3.58. The molecule has 3 rings (SSSR count). The van der Waals surface area contributed by atoms with Crippen LogP contribution in [-0.4, -0.2) is 19.7 Å². The van der Waals surface area contributed by atoms with Crippen molar-refractivity contribution in [2.24, 2.45) is 7.05 Å². The normalized spacial score (nSPS) is 11.3. The largest absolute Gasteiger partial charge is 0.338 e. The molecule has 0 aliphatic carbocycles. The number of aromatic amines is 1. The molecule has 0 spiro atoms. The van der Waals surface area contributed by atoms with E-state index >= 15 is 0 Å². The smallest absolute Gasteiger partial charge is 0.141 e. The van der Waals surface area contributed by atoms with E-state index < -0.39 is 0 Å². The van der Waals surface area contributed by atoms with Crippen molar-refractivity contribution in [3.05, 3.63) is 34.1 Å². The maximum Gasteiger partial charge on any atom is 0.141 e. The number of benzene rings is 1. The fraction of sp³-hybridized carbons (Fsp3) is 0.167. The first-order valence-corrected chi connectivity index (χ1v) is 6.15. The van der Waals surface area contributed by atoms with Crippen LogP contribution in [-0.2, 0) is 7.05 Å². The Bertz CT molecular complexity index is 703. The van der Waals surface area contributed by atoms with Gasteiger partial charge in [0, 0.05) is 13.2 Å². The van der Waals surface area contributed by atoms with Crippen molar-refractivity contribution in [2.75, 3.05) is 0 Å². The molecule has 2 heterocycles. The van der Waals surface area contributed by atoms with Crippen LogP contribution in [0, 0.1) is 6.92 Å². The van der Waals surface area contributed by atoms with Crippen LogP contribution in [0.3, 0.4) is 0 Å². The van der Waals surface area contributed by atoms with Gasteiger partial charge in [-0.2, -0.15) is 5.10 Å². The maximum atomic E-state index is 5.98. The van der Waals surface area contributed by atoms with Gasteiger partial charge in [0.05, 0.1) is 32.3 Å². The van der Waals surface area contributed by atoms with Crippen molar-refractivity contribution >= 4 is 34.2 Å². The van der Waals surface area contributed by atoms with Crippen molar-refractivity contribution in [1.29, 1.82) is 0 Å². The summed E-state index contributed by atoms with van der Waals surface area (Å²) in [7, 11) is 1.88. The van der Waals surface area contributed by atoms with Crippen LogP contribution in [0.2, 0.25) is 10.0 Å². The third-order valence-electron chi connectivity index (χ3n) is 2.79. The molecule has 0 amide bonds. The van der Waals surface area contributed by atoms with Gasteiger partial charge >= 0.3 is 0 Å². The van der Waals surface area contributed by atoms with E-state index in [2.05, 4.69) is 15.1 Å². The van der Waals surface area contributed by atoms with Gasteiger partial charge in [0.2, 0.25) is 0 Å². The number of imidazole rings is 1. The maximum absolute atomic E-state index is 5.98. The number of nitrogens with one attached hydrogen (secondary N) is 1. The van der Waals surface area contributed by atoms with Gasteiger partial charge in [-0.25, -0.2) is 4.98 Å². The number of nitrogens with zero attached hydrogens (tertiary/aromatic N) is 3. The first-order valence-electron chi connectivity index (χ1n) is 5.40. The molecule has 0 fully saturated rings. The molecular weight excluding hydrogens is 271 g/mol. The van der Waals surface area contributed by atoms with Crippen LogP contribution < -0.4 is 0 Å². The van der Waals surface area contributed by atoms with Gasteiger partial charge in [-0.3, -0.25) is 4.68 Å². The number of fused-ring (bicyclic) bond motifs is 1. The molecule has 0 saturated carbocycles. The molecule has 1 N–H and O–H groups in total. The van der Waals surface area contributed by atoms with Crippen LogP contribution in [0.4, 0.5) is 0 Å². The van der Waals surface area contributed by atoms with E-state index in [0.717, 1.165) is 28.1 Å². The molecular formula is C12H10Cl2N4. The highest BCUT2D eigenvalue weighted by atomic mass is 35.5. The van der Waals surface area contributed by atoms with Gasteiger partial charge < -0.3 is 4.98 Å². The van der Waals surface area contributed by atoms with Gasteiger partial charge in [0.1, 0.15) is 5.82 Å². The van der Waals surface area contributed by atoms with Gasteiger partial charge in [0.25, 0.3) is 0 Å². The molecule has 0 radical (unpaired) electrons. The minimum Gasteiger partial charge on any atom is -0.338 e. The third kappa shape index (κ3) is 1.78. The zero-order valence-corrected chi connectivity index (χ0v) is 11.3. The lowest BCUT2D eigenvalue weighted by Crippen LogP contribution is -1.86. The molecule has 0 aliphatic heterocycles. The second kappa shape index (κ2) is 4.00. The van der Waals surface area contributed by atoms with Gasteiger partial charge in [-0.05, 0) is 19.1 Å². The molecule has 6 heteroatoms. The Balaban J connectivity index is 2.22. The van der Waals surface area contributed by atoms with Crippen LogP contribution in [0.15, 0.2) is 18.3 Å². The zero-order chi connectivity index (χ0) is 12.9. The van der Waals surface area contributed by atoms with E-state index in [0.29, 0.717) is 10.0 Å². The van der Waals surface area contributed by atoms with E-state index in [1.807, 2.05) is 20.2 Å². The molecule has 0 atom stereocenters. The van der Waals surface area contributed by atoms with Gasteiger partial charge in [-0.1, -0.05) is 23.2 Å². The monoisotopic (exact) mass is 280 g/mol. The molecule has 0 aliphatic rings. The number of halogens is 2. The summed E-state index contributed by atoms with van der Waals surface area (Å²) in [6.45, 7) is 1.95. The molecule has 92 valence electrons. The standard InChI is InChI=1S/C12H10Cl2N4/c1-6-7(5-18(2)17-6)12-15-10-3-8(13)9(14)4-11(10)16-12/h3-5H,1-2H3,(H,15,16). The van der Waals surface area contributed by atoms with Crippen molar-refractivity contribution < 1.29 is 0 Å². The van der Waals surface area contributed by atoms with Crippen molar-refractivity contribution in [1.82, 2.24) is 19.7 Å². The van der Waals surface area contributed by atoms with Crippen molar-refractivity contribution in [3.8, 4) is 11.4 Å². The number of rotatable bonds is 1. The summed E-state index contributed by atoms with van der Waals surface area (Å²) >= 11 is 12.0. The number of aromatic nitrogens is 4. The fourth-order valence-electron chi connectivity index (χ4n) is 1.96. The minimum atomic E-state index is 0.505. The van der Waals surface area contributed by atoms with Gasteiger partial charge in [-0.15, -0.1) is 0 Å². The van der Waals surface area contributed by atoms with E-state index in [1.54, 1.807) is 16.8 Å². The van der Waals surface area contributed by atoms with Crippen LogP contribution in [0.25, 0.3) is 22.4 Å². The summed E-state index contributed by atoms with van der Waals surface area (Å²) in [5.41, 5.74) is 3.56. The van der Waals surface area contributed by atoms with Gasteiger partial charge in [0.15, 0.2) is 0 Å². The summed E-state index contributed by atoms with van der Waals surface area (Å²) in [5, 5.41) is 5.32. The van der Waals surface area contributed by atoms with E-state index in [1.165, 1.54) is 0 Å².